The zero-order valence-corrected chi connectivity index (χ0v) is 15.1. The van der Waals surface area contributed by atoms with Crippen LogP contribution in [0.1, 0.15) is 30.8 Å². The minimum Gasteiger partial charge on any atom is -0.494 e. The van der Waals surface area contributed by atoms with Crippen LogP contribution >= 0.6 is 0 Å². The largest absolute Gasteiger partial charge is 0.494 e. The van der Waals surface area contributed by atoms with E-state index < -0.39 is 5.82 Å². The van der Waals surface area contributed by atoms with Gasteiger partial charge in [-0.3, -0.25) is 4.79 Å². The monoisotopic (exact) mass is 369 g/mol. The van der Waals surface area contributed by atoms with Crippen LogP contribution in [0.15, 0.2) is 53.1 Å². The molecule has 0 aliphatic heterocycles. The Morgan fingerprint density at radius 1 is 1.26 bits per heavy atom. The Morgan fingerprint density at radius 3 is 2.74 bits per heavy atom. The number of carbonyl (C=O) groups is 1. The summed E-state index contributed by atoms with van der Waals surface area (Å²) in [5.41, 5.74) is 1.51. The lowest BCUT2D eigenvalue weighted by Crippen LogP contribution is -2.26. The molecule has 1 heterocycles. The topological polar surface area (TPSA) is 77.2 Å². The van der Waals surface area contributed by atoms with Gasteiger partial charge in [0.2, 0.25) is 17.6 Å². The summed E-state index contributed by atoms with van der Waals surface area (Å²) in [7, 11) is 1.41. The van der Waals surface area contributed by atoms with E-state index in [0.717, 1.165) is 5.56 Å². The molecule has 0 saturated carbocycles. The molecule has 0 aliphatic carbocycles. The average molecular weight is 369 g/mol. The molecule has 1 aromatic heterocycles. The predicted molar refractivity (Wildman–Crippen MR) is 97.6 cm³/mol. The van der Waals surface area contributed by atoms with E-state index in [0.29, 0.717) is 23.7 Å². The summed E-state index contributed by atoms with van der Waals surface area (Å²) in [6.07, 6.45) is 0.523. The van der Waals surface area contributed by atoms with Crippen molar-refractivity contribution in [3.63, 3.8) is 0 Å². The quantitative estimate of drug-likeness (QED) is 0.687. The number of halogens is 1. The minimum absolute atomic E-state index is 0.169. The molecule has 6 nitrogen and oxygen atoms in total. The van der Waals surface area contributed by atoms with Gasteiger partial charge in [-0.15, -0.1) is 0 Å². The molecule has 3 aromatic rings. The summed E-state index contributed by atoms with van der Waals surface area (Å²) in [5, 5.41) is 6.76. The maximum absolute atomic E-state index is 13.8. The van der Waals surface area contributed by atoms with Gasteiger partial charge < -0.3 is 14.6 Å². The summed E-state index contributed by atoms with van der Waals surface area (Å²) in [6, 6.07) is 13.7. The molecule has 0 radical (unpaired) electrons. The number of hydrogen-bond donors (Lipinski definition) is 1. The first-order chi connectivity index (χ1) is 13.1. The van der Waals surface area contributed by atoms with Gasteiger partial charge in [0, 0.05) is 18.4 Å². The number of aromatic nitrogens is 2. The standard InChI is InChI=1S/C20H20FN3O3/c1-13(15-8-9-17(26-2)16(21)12-15)22-18(25)10-11-19-23-20(24-27-19)14-6-4-3-5-7-14/h3-9,12-13H,10-11H2,1-2H3,(H,22,25)/t13-/m0/s1. The maximum Gasteiger partial charge on any atom is 0.227 e. The summed E-state index contributed by atoms with van der Waals surface area (Å²) < 4.78 is 23.9. The van der Waals surface area contributed by atoms with E-state index in [2.05, 4.69) is 15.5 Å². The fourth-order valence-corrected chi connectivity index (χ4v) is 2.63. The van der Waals surface area contributed by atoms with Gasteiger partial charge in [0.15, 0.2) is 11.6 Å². The van der Waals surface area contributed by atoms with Gasteiger partial charge in [0.25, 0.3) is 0 Å². The van der Waals surface area contributed by atoms with Gasteiger partial charge in [-0.2, -0.15) is 4.98 Å². The molecular formula is C20H20FN3O3. The lowest BCUT2D eigenvalue weighted by Gasteiger charge is -2.15. The first-order valence-electron chi connectivity index (χ1n) is 8.57. The Balaban J connectivity index is 1.54. The van der Waals surface area contributed by atoms with Crippen molar-refractivity contribution in [3.8, 4) is 17.1 Å². The lowest BCUT2D eigenvalue weighted by molar-refractivity contribution is -0.121. The molecule has 1 N–H and O–H groups in total. The van der Waals surface area contributed by atoms with E-state index in [4.69, 9.17) is 9.26 Å². The summed E-state index contributed by atoms with van der Waals surface area (Å²) in [5.74, 6) is 0.414. The highest BCUT2D eigenvalue weighted by Gasteiger charge is 2.14. The maximum atomic E-state index is 13.8. The molecule has 0 fully saturated rings. The highest BCUT2D eigenvalue weighted by molar-refractivity contribution is 5.76. The number of nitrogens with one attached hydrogen (secondary N) is 1. The molecule has 1 amide bonds. The normalized spacial score (nSPS) is 11.8. The molecule has 0 aliphatic rings. The molecule has 3 rings (SSSR count). The molecule has 1 atom stereocenters. The molecule has 0 unspecified atom stereocenters. The van der Waals surface area contributed by atoms with Crippen molar-refractivity contribution in [3.05, 3.63) is 65.8 Å². The SMILES string of the molecule is COc1ccc([C@H](C)NC(=O)CCc2nc(-c3ccccc3)no2)cc1F. The second-order valence-electron chi connectivity index (χ2n) is 6.06. The number of methoxy groups -OCH3 is 1. The van der Waals surface area contributed by atoms with E-state index in [-0.39, 0.29) is 24.1 Å². The molecule has 7 heteroatoms. The molecule has 2 aromatic carbocycles. The minimum atomic E-state index is -0.463. The fraction of sp³-hybridized carbons (Fsp3) is 0.250. The number of ether oxygens (including phenoxy) is 1. The molecular weight excluding hydrogens is 349 g/mol. The second-order valence-corrected chi connectivity index (χ2v) is 6.06. The average Bonchev–Trinajstić information content (AvgIpc) is 3.16. The van der Waals surface area contributed by atoms with Crippen LogP contribution in [0, 0.1) is 5.82 Å². The third kappa shape index (κ3) is 4.69. The zero-order valence-electron chi connectivity index (χ0n) is 15.1. The van der Waals surface area contributed by atoms with Crippen molar-refractivity contribution >= 4 is 5.91 Å². The highest BCUT2D eigenvalue weighted by Crippen LogP contribution is 2.22. The smallest absolute Gasteiger partial charge is 0.227 e. The Labute approximate surface area is 156 Å². The lowest BCUT2D eigenvalue weighted by atomic mass is 10.1. The molecule has 0 spiro atoms. The van der Waals surface area contributed by atoms with Crippen LogP contribution in [0.4, 0.5) is 4.39 Å². The van der Waals surface area contributed by atoms with Crippen LogP contribution in [0.5, 0.6) is 5.75 Å². The first kappa shape index (κ1) is 18.6. The Bertz CT molecular complexity index is 912. The Morgan fingerprint density at radius 2 is 2.04 bits per heavy atom. The van der Waals surface area contributed by atoms with Gasteiger partial charge in [-0.1, -0.05) is 41.6 Å². The van der Waals surface area contributed by atoms with Gasteiger partial charge in [0.05, 0.1) is 13.2 Å². The molecule has 140 valence electrons. The predicted octanol–water partition coefficient (Wildman–Crippen LogP) is 3.69. The first-order valence-corrected chi connectivity index (χ1v) is 8.57. The van der Waals surface area contributed by atoms with Crippen molar-refractivity contribution in [2.45, 2.75) is 25.8 Å². The number of benzene rings is 2. The highest BCUT2D eigenvalue weighted by atomic mass is 19.1. The zero-order chi connectivity index (χ0) is 19.2. The Kier molecular flexibility index (Phi) is 5.80. The van der Waals surface area contributed by atoms with Gasteiger partial charge >= 0.3 is 0 Å². The summed E-state index contributed by atoms with van der Waals surface area (Å²) in [4.78, 5) is 16.5. The van der Waals surface area contributed by atoms with Crippen molar-refractivity contribution in [1.29, 1.82) is 0 Å². The van der Waals surface area contributed by atoms with Crippen molar-refractivity contribution in [2.24, 2.45) is 0 Å². The number of amides is 1. The van der Waals surface area contributed by atoms with Crippen LogP contribution in [-0.2, 0) is 11.2 Å². The van der Waals surface area contributed by atoms with E-state index in [1.807, 2.05) is 30.3 Å². The van der Waals surface area contributed by atoms with Crippen molar-refractivity contribution < 1.29 is 18.4 Å². The fourth-order valence-electron chi connectivity index (χ4n) is 2.63. The van der Waals surface area contributed by atoms with Gasteiger partial charge in [0.1, 0.15) is 0 Å². The third-order valence-corrected chi connectivity index (χ3v) is 4.12. The van der Waals surface area contributed by atoms with E-state index in [9.17, 15) is 9.18 Å². The second kappa shape index (κ2) is 8.44. The van der Waals surface area contributed by atoms with E-state index >= 15 is 0 Å². The number of carbonyl (C=O) groups excluding carboxylic acids is 1. The summed E-state index contributed by atoms with van der Waals surface area (Å²) in [6.45, 7) is 1.79. The molecule has 0 bridgehead atoms. The van der Waals surface area contributed by atoms with Crippen LogP contribution < -0.4 is 10.1 Å². The number of aryl methyl sites for hydroxylation is 1. The van der Waals surface area contributed by atoms with E-state index in [1.54, 1.807) is 13.0 Å². The van der Waals surface area contributed by atoms with Crippen LogP contribution in [0.2, 0.25) is 0 Å². The van der Waals surface area contributed by atoms with Crippen molar-refractivity contribution in [2.75, 3.05) is 7.11 Å². The number of rotatable bonds is 7. The molecule has 27 heavy (non-hydrogen) atoms. The number of nitrogens with zero attached hydrogens (tertiary/aromatic N) is 2. The van der Waals surface area contributed by atoms with E-state index in [1.165, 1.54) is 19.2 Å². The van der Waals surface area contributed by atoms with Gasteiger partial charge in [-0.25, -0.2) is 4.39 Å². The van der Waals surface area contributed by atoms with Gasteiger partial charge in [-0.05, 0) is 24.6 Å². The molecule has 0 saturated heterocycles. The van der Waals surface area contributed by atoms with Crippen molar-refractivity contribution in [1.82, 2.24) is 15.5 Å². The van der Waals surface area contributed by atoms with Crippen LogP contribution in [0.25, 0.3) is 11.4 Å². The Hall–Kier alpha value is -3.22. The van der Waals surface area contributed by atoms with Crippen LogP contribution in [-0.4, -0.2) is 23.2 Å². The summed E-state index contributed by atoms with van der Waals surface area (Å²) >= 11 is 0. The number of hydrogen-bond acceptors (Lipinski definition) is 5. The third-order valence-electron chi connectivity index (χ3n) is 4.12. The van der Waals surface area contributed by atoms with Crippen LogP contribution in [0.3, 0.4) is 0 Å².